The van der Waals surface area contributed by atoms with E-state index >= 15 is 0 Å². The predicted octanol–water partition coefficient (Wildman–Crippen LogP) is -0.0733. The van der Waals surface area contributed by atoms with Crippen LogP contribution >= 0.6 is 0 Å². The van der Waals surface area contributed by atoms with Crippen molar-refractivity contribution in [1.82, 2.24) is 15.1 Å². The topological polar surface area (TPSA) is 78.7 Å². The highest BCUT2D eigenvalue weighted by molar-refractivity contribution is 5.81. The average molecular weight is 296 g/mol. The van der Waals surface area contributed by atoms with E-state index in [4.69, 9.17) is 5.73 Å². The van der Waals surface area contributed by atoms with E-state index in [1.807, 2.05) is 0 Å². The molecule has 6 nitrogen and oxygen atoms in total. The highest BCUT2D eigenvalue weighted by atomic mass is 16.2. The summed E-state index contributed by atoms with van der Waals surface area (Å²) in [6, 6.07) is -0.0710. The summed E-state index contributed by atoms with van der Waals surface area (Å²) < 4.78 is 0. The van der Waals surface area contributed by atoms with Gasteiger partial charge in [-0.25, -0.2) is 0 Å². The number of nitrogens with one attached hydrogen (secondary N) is 1. The first-order valence-electron chi connectivity index (χ1n) is 8.12. The van der Waals surface area contributed by atoms with Crippen LogP contribution in [-0.4, -0.2) is 66.4 Å². The molecule has 0 bridgehead atoms. The van der Waals surface area contributed by atoms with Crippen molar-refractivity contribution in [1.29, 1.82) is 0 Å². The fourth-order valence-electron chi connectivity index (χ4n) is 3.14. The van der Waals surface area contributed by atoms with Gasteiger partial charge in [0.15, 0.2) is 0 Å². The van der Waals surface area contributed by atoms with Gasteiger partial charge in [0.2, 0.25) is 11.8 Å². The van der Waals surface area contributed by atoms with Gasteiger partial charge in [-0.15, -0.1) is 0 Å². The Morgan fingerprint density at radius 3 is 2.33 bits per heavy atom. The van der Waals surface area contributed by atoms with Gasteiger partial charge in [0.25, 0.3) is 0 Å². The van der Waals surface area contributed by atoms with Crippen LogP contribution in [-0.2, 0) is 9.59 Å². The zero-order valence-corrected chi connectivity index (χ0v) is 13.0. The Bertz CT molecular complexity index is 359. The van der Waals surface area contributed by atoms with E-state index in [0.29, 0.717) is 25.7 Å². The predicted molar refractivity (Wildman–Crippen MR) is 81.7 cm³/mol. The molecule has 0 aromatic heterocycles. The molecule has 1 aliphatic carbocycles. The Balaban J connectivity index is 1.68. The summed E-state index contributed by atoms with van der Waals surface area (Å²) >= 11 is 0. The lowest BCUT2D eigenvalue weighted by molar-refractivity contribution is -0.134. The molecule has 1 saturated carbocycles. The smallest absolute Gasteiger partial charge is 0.239 e. The molecule has 0 aromatic carbocycles. The maximum absolute atomic E-state index is 12.0. The molecule has 0 aromatic rings. The quantitative estimate of drug-likeness (QED) is 0.761. The van der Waals surface area contributed by atoms with E-state index in [1.165, 1.54) is 19.3 Å². The van der Waals surface area contributed by atoms with Gasteiger partial charge in [0.05, 0.1) is 12.6 Å². The zero-order valence-electron chi connectivity index (χ0n) is 13.0. The molecule has 120 valence electrons. The summed E-state index contributed by atoms with van der Waals surface area (Å²) in [6.07, 6.45) is 5.97. The number of nitrogens with zero attached hydrogens (tertiary/aromatic N) is 2. The van der Waals surface area contributed by atoms with Crippen LogP contribution in [0.4, 0.5) is 0 Å². The Labute approximate surface area is 127 Å². The van der Waals surface area contributed by atoms with E-state index in [1.54, 1.807) is 11.8 Å². The maximum Gasteiger partial charge on any atom is 0.239 e. The van der Waals surface area contributed by atoms with Crippen LogP contribution in [0.3, 0.4) is 0 Å². The van der Waals surface area contributed by atoms with E-state index < -0.39 is 6.04 Å². The number of hydrogen-bond acceptors (Lipinski definition) is 4. The number of carbonyl (C=O) groups is 2. The number of rotatable bonds is 4. The molecule has 0 unspecified atom stereocenters. The van der Waals surface area contributed by atoms with Crippen molar-refractivity contribution in [3.8, 4) is 0 Å². The minimum absolute atomic E-state index is 0.00121. The van der Waals surface area contributed by atoms with Gasteiger partial charge in [-0.2, -0.15) is 0 Å². The lowest BCUT2D eigenvalue weighted by Crippen LogP contribution is -2.54. The fraction of sp³-hybridized carbons (Fsp3) is 0.867. The highest BCUT2D eigenvalue weighted by Gasteiger charge is 2.24. The molecule has 2 rings (SSSR count). The molecule has 1 heterocycles. The van der Waals surface area contributed by atoms with Crippen LogP contribution in [0.2, 0.25) is 0 Å². The Morgan fingerprint density at radius 1 is 1.14 bits per heavy atom. The summed E-state index contributed by atoms with van der Waals surface area (Å²) in [5, 5.41) is 3.14. The van der Waals surface area contributed by atoms with Crippen molar-refractivity contribution < 1.29 is 9.59 Å². The van der Waals surface area contributed by atoms with Crippen LogP contribution in [0, 0.1) is 0 Å². The van der Waals surface area contributed by atoms with Crippen molar-refractivity contribution in [2.24, 2.45) is 5.73 Å². The maximum atomic E-state index is 12.0. The summed E-state index contributed by atoms with van der Waals surface area (Å²) in [5.74, 6) is 0.121. The summed E-state index contributed by atoms with van der Waals surface area (Å²) in [4.78, 5) is 27.7. The SMILES string of the molecule is C[C@@H](N)C(=O)N1CCN(CC(=O)NC2CCCCC2)CC1. The van der Waals surface area contributed by atoms with Gasteiger partial charge in [-0.3, -0.25) is 14.5 Å². The molecule has 1 atom stereocenters. The molecule has 21 heavy (non-hydrogen) atoms. The molecule has 1 aliphatic heterocycles. The lowest BCUT2D eigenvalue weighted by Gasteiger charge is -2.35. The molecular weight excluding hydrogens is 268 g/mol. The number of hydrogen-bond donors (Lipinski definition) is 2. The number of amides is 2. The van der Waals surface area contributed by atoms with Gasteiger partial charge >= 0.3 is 0 Å². The third kappa shape index (κ3) is 4.97. The molecular formula is C15H28N4O2. The molecule has 0 spiro atoms. The minimum Gasteiger partial charge on any atom is -0.352 e. The van der Waals surface area contributed by atoms with Crippen LogP contribution in [0.15, 0.2) is 0 Å². The molecule has 6 heteroatoms. The lowest BCUT2D eigenvalue weighted by atomic mass is 9.95. The monoisotopic (exact) mass is 296 g/mol. The van der Waals surface area contributed by atoms with Crippen LogP contribution in [0.1, 0.15) is 39.0 Å². The largest absolute Gasteiger partial charge is 0.352 e. The molecule has 2 fully saturated rings. The van der Waals surface area contributed by atoms with Gasteiger partial charge < -0.3 is 16.0 Å². The Kier molecular flexibility index (Phi) is 5.99. The van der Waals surface area contributed by atoms with Crippen molar-refractivity contribution in [3.63, 3.8) is 0 Å². The Morgan fingerprint density at radius 2 is 1.76 bits per heavy atom. The number of piperazine rings is 1. The third-order valence-corrected chi connectivity index (χ3v) is 4.41. The second-order valence-electron chi connectivity index (χ2n) is 6.29. The Hall–Kier alpha value is -1.14. The molecule has 2 amide bonds. The molecule has 0 radical (unpaired) electrons. The van der Waals surface area contributed by atoms with E-state index in [-0.39, 0.29) is 11.8 Å². The number of carbonyl (C=O) groups excluding carboxylic acids is 2. The van der Waals surface area contributed by atoms with Crippen LogP contribution in [0.5, 0.6) is 0 Å². The molecule has 2 aliphatic rings. The first kappa shape index (κ1) is 16.2. The van der Waals surface area contributed by atoms with Crippen LogP contribution in [0.25, 0.3) is 0 Å². The summed E-state index contributed by atoms with van der Waals surface area (Å²) in [5.41, 5.74) is 5.62. The van der Waals surface area contributed by atoms with Crippen molar-refractivity contribution in [2.45, 2.75) is 51.1 Å². The van der Waals surface area contributed by atoms with E-state index in [9.17, 15) is 9.59 Å². The third-order valence-electron chi connectivity index (χ3n) is 4.41. The minimum atomic E-state index is -0.439. The average Bonchev–Trinajstić information content (AvgIpc) is 2.48. The van der Waals surface area contributed by atoms with Crippen molar-refractivity contribution in [3.05, 3.63) is 0 Å². The first-order valence-corrected chi connectivity index (χ1v) is 8.12. The fourth-order valence-corrected chi connectivity index (χ4v) is 3.14. The van der Waals surface area contributed by atoms with Crippen molar-refractivity contribution in [2.75, 3.05) is 32.7 Å². The normalized spacial score (nSPS) is 22.9. The zero-order chi connectivity index (χ0) is 15.2. The highest BCUT2D eigenvalue weighted by Crippen LogP contribution is 2.17. The second-order valence-corrected chi connectivity index (χ2v) is 6.29. The van der Waals surface area contributed by atoms with E-state index in [0.717, 1.165) is 25.9 Å². The summed E-state index contributed by atoms with van der Waals surface area (Å²) in [7, 11) is 0. The van der Waals surface area contributed by atoms with Gasteiger partial charge in [-0.1, -0.05) is 19.3 Å². The number of nitrogens with two attached hydrogens (primary N) is 1. The first-order chi connectivity index (χ1) is 10.1. The molecule has 3 N–H and O–H groups in total. The van der Waals surface area contributed by atoms with Gasteiger partial charge in [0, 0.05) is 32.2 Å². The summed E-state index contributed by atoms with van der Waals surface area (Å²) in [6.45, 7) is 4.98. The van der Waals surface area contributed by atoms with Gasteiger partial charge in [0.1, 0.15) is 0 Å². The van der Waals surface area contributed by atoms with Crippen molar-refractivity contribution >= 4 is 11.8 Å². The van der Waals surface area contributed by atoms with Crippen LogP contribution < -0.4 is 11.1 Å². The standard InChI is InChI=1S/C15H28N4O2/c1-12(16)15(21)19-9-7-18(8-10-19)11-14(20)17-13-5-3-2-4-6-13/h12-13H,2-11,16H2,1H3,(H,17,20)/t12-/m1/s1. The molecule has 1 saturated heterocycles. The van der Waals surface area contributed by atoms with Gasteiger partial charge in [-0.05, 0) is 19.8 Å². The van der Waals surface area contributed by atoms with E-state index in [2.05, 4.69) is 10.2 Å². The second kappa shape index (κ2) is 7.75.